The van der Waals surface area contributed by atoms with Crippen molar-refractivity contribution >= 4 is 10.0 Å². The maximum absolute atomic E-state index is 10.9. The number of aliphatic hydroxyl groups is 1. The van der Waals surface area contributed by atoms with Crippen molar-refractivity contribution < 1.29 is 13.5 Å². The molecule has 1 unspecified atom stereocenters. The summed E-state index contributed by atoms with van der Waals surface area (Å²) in [6.45, 7) is 0.472. The van der Waals surface area contributed by atoms with Gasteiger partial charge in [-0.2, -0.15) is 0 Å². The highest BCUT2D eigenvalue weighted by Crippen LogP contribution is 2.22. The number of nitrogens with two attached hydrogens (primary N) is 3. The summed E-state index contributed by atoms with van der Waals surface area (Å²) >= 11 is 0. The Kier molecular flexibility index (Phi) is 5.84. The van der Waals surface area contributed by atoms with E-state index in [-0.39, 0.29) is 4.91 Å². The van der Waals surface area contributed by atoms with E-state index < -0.39 is 15.6 Å². The van der Waals surface area contributed by atoms with Gasteiger partial charge in [-0.3, -0.25) is 0 Å². The van der Waals surface area contributed by atoms with E-state index in [2.05, 4.69) is 0 Å². The molecule has 7 heteroatoms. The van der Waals surface area contributed by atoms with Gasteiger partial charge in [0.05, 0.1) is 4.91 Å². The summed E-state index contributed by atoms with van der Waals surface area (Å²) in [7, 11) is -2.60. The van der Waals surface area contributed by atoms with Gasteiger partial charge in [-0.15, -0.1) is 0 Å². The molecule has 6 nitrogen and oxygen atoms in total. The van der Waals surface area contributed by atoms with Gasteiger partial charge in [-0.25, -0.2) is 13.6 Å². The average Bonchev–Trinajstić information content (AvgIpc) is 2.20. The van der Waals surface area contributed by atoms with Crippen LogP contribution >= 0.6 is 0 Å². The molecule has 0 bridgehead atoms. The average molecular weight is 249 g/mol. The molecule has 0 heterocycles. The topological polar surface area (TPSA) is 132 Å². The van der Waals surface area contributed by atoms with Crippen molar-refractivity contribution in [2.75, 3.05) is 13.7 Å². The molecule has 1 aliphatic carbocycles. The molecular formula is C9H19N3O3S. The van der Waals surface area contributed by atoms with Gasteiger partial charge in [-0.1, -0.05) is 12.2 Å². The molecule has 0 saturated carbocycles. The number of primary sulfonamides is 1. The summed E-state index contributed by atoms with van der Waals surface area (Å²) < 4.78 is 21.9. The van der Waals surface area contributed by atoms with Gasteiger partial charge in [0.15, 0.2) is 0 Å². The molecule has 0 spiro atoms. The lowest BCUT2D eigenvalue weighted by molar-refractivity contribution is 0.399. The summed E-state index contributed by atoms with van der Waals surface area (Å²) in [5.74, 6) is 0. The van der Waals surface area contributed by atoms with Crippen LogP contribution in [0.2, 0.25) is 0 Å². The van der Waals surface area contributed by atoms with Crippen LogP contribution in [0.25, 0.3) is 0 Å². The van der Waals surface area contributed by atoms with Gasteiger partial charge in [0.2, 0.25) is 10.0 Å². The first kappa shape index (κ1) is 15.3. The van der Waals surface area contributed by atoms with Crippen molar-refractivity contribution in [1.29, 1.82) is 0 Å². The summed E-state index contributed by atoms with van der Waals surface area (Å²) in [6.07, 6.45) is 5.70. The van der Waals surface area contributed by atoms with Gasteiger partial charge in [0, 0.05) is 12.6 Å². The Hall–Kier alpha value is -0.730. The Balaban J connectivity index is 0.00000106. The summed E-state index contributed by atoms with van der Waals surface area (Å²) in [5, 5.41) is 12.0. The predicted molar refractivity (Wildman–Crippen MR) is 63.7 cm³/mol. The van der Waals surface area contributed by atoms with Crippen molar-refractivity contribution in [1.82, 2.24) is 0 Å². The number of hydrogen-bond acceptors (Lipinski definition) is 5. The minimum atomic E-state index is -3.60. The first-order chi connectivity index (χ1) is 7.37. The van der Waals surface area contributed by atoms with E-state index in [1.54, 1.807) is 6.08 Å². The van der Waals surface area contributed by atoms with Crippen molar-refractivity contribution in [3.05, 3.63) is 23.1 Å². The largest absolute Gasteiger partial charge is 0.400 e. The Morgan fingerprint density at radius 3 is 2.38 bits per heavy atom. The molecule has 0 aromatic rings. The number of allylic oxidation sites excluding steroid dienone is 1. The van der Waals surface area contributed by atoms with Crippen molar-refractivity contribution in [2.24, 2.45) is 16.6 Å². The highest BCUT2D eigenvalue weighted by atomic mass is 32.2. The zero-order valence-corrected chi connectivity index (χ0v) is 10.1. The molecule has 0 aromatic carbocycles. The molecule has 1 rings (SSSR count). The van der Waals surface area contributed by atoms with Gasteiger partial charge < -0.3 is 16.6 Å². The summed E-state index contributed by atoms with van der Waals surface area (Å²) in [6, 6.07) is 0. The minimum Gasteiger partial charge on any atom is -0.400 e. The van der Waals surface area contributed by atoms with E-state index in [1.807, 2.05) is 0 Å². The summed E-state index contributed by atoms with van der Waals surface area (Å²) in [5.41, 5.74) is 10.8. The monoisotopic (exact) mass is 249 g/mol. The Morgan fingerprint density at radius 1 is 1.50 bits per heavy atom. The smallest absolute Gasteiger partial charge is 0.237 e. The van der Waals surface area contributed by atoms with E-state index >= 15 is 0 Å². The second kappa shape index (κ2) is 6.12. The Bertz CT molecular complexity index is 375. The normalized spacial score (nSPS) is 24.4. The molecular weight excluding hydrogens is 230 g/mol. The lowest BCUT2D eigenvalue weighted by atomic mass is 9.89. The standard InChI is InChI=1S/C8H15N3O2S.CH4O/c9-6-5-8(10)3-1-7(2-4-8)14(11,12)13;1-2/h1-3H,4-6,9-10H2,(H2,11,12,13);2H,1H3. The highest BCUT2D eigenvalue weighted by molar-refractivity contribution is 7.93. The Labute approximate surface area is 95.9 Å². The summed E-state index contributed by atoms with van der Waals surface area (Å²) in [4.78, 5) is 0.121. The zero-order valence-electron chi connectivity index (χ0n) is 9.26. The number of rotatable bonds is 3. The third kappa shape index (κ3) is 4.42. The molecule has 0 saturated heterocycles. The van der Waals surface area contributed by atoms with E-state index in [9.17, 15) is 8.42 Å². The zero-order chi connectivity index (χ0) is 12.8. The van der Waals surface area contributed by atoms with E-state index in [0.717, 1.165) is 7.11 Å². The molecule has 1 aliphatic rings. The highest BCUT2D eigenvalue weighted by Gasteiger charge is 2.24. The SMILES string of the molecule is CO.NCCC1(N)C=CC(S(N)(=O)=O)=CC1. The van der Waals surface area contributed by atoms with Gasteiger partial charge in [-0.05, 0) is 25.5 Å². The van der Waals surface area contributed by atoms with E-state index in [0.29, 0.717) is 19.4 Å². The van der Waals surface area contributed by atoms with Crippen LogP contribution in [-0.4, -0.2) is 32.7 Å². The minimum absolute atomic E-state index is 0.121. The first-order valence-electron chi connectivity index (χ1n) is 4.73. The van der Waals surface area contributed by atoms with Crippen LogP contribution in [0, 0.1) is 0 Å². The molecule has 0 aliphatic heterocycles. The van der Waals surface area contributed by atoms with Crippen LogP contribution in [0.1, 0.15) is 12.8 Å². The fourth-order valence-corrected chi connectivity index (χ4v) is 1.91. The van der Waals surface area contributed by atoms with E-state index in [1.165, 1.54) is 12.2 Å². The predicted octanol–water partition coefficient (Wildman–Crippen LogP) is -1.23. The third-order valence-corrected chi connectivity index (χ3v) is 3.16. The lowest BCUT2D eigenvalue weighted by Gasteiger charge is -2.26. The molecule has 0 fully saturated rings. The number of sulfonamides is 1. The lowest BCUT2D eigenvalue weighted by Crippen LogP contribution is -2.40. The molecule has 0 amide bonds. The van der Waals surface area contributed by atoms with Crippen LogP contribution in [0.15, 0.2) is 23.1 Å². The Morgan fingerprint density at radius 2 is 2.06 bits per heavy atom. The van der Waals surface area contributed by atoms with Gasteiger partial charge in [0.25, 0.3) is 0 Å². The maximum Gasteiger partial charge on any atom is 0.237 e. The van der Waals surface area contributed by atoms with Crippen LogP contribution in [0.3, 0.4) is 0 Å². The number of aliphatic hydroxyl groups excluding tert-OH is 1. The molecule has 7 N–H and O–H groups in total. The van der Waals surface area contributed by atoms with Crippen molar-refractivity contribution in [2.45, 2.75) is 18.4 Å². The fourth-order valence-electron chi connectivity index (χ4n) is 1.34. The second-order valence-electron chi connectivity index (χ2n) is 3.46. The van der Waals surface area contributed by atoms with Crippen LogP contribution in [0.4, 0.5) is 0 Å². The second-order valence-corrected chi connectivity index (χ2v) is 5.02. The molecule has 0 radical (unpaired) electrons. The molecule has 16 heavy (non-hydrogen) atoms. The number of hydrogen-bond donors (Lipinski definition) is 4. The molecule has 0 aromatic heterocycles. The molecule has 1 atom stereocenters. The van der Waals surface area contributed by atoms with Crippen LogP contribution < -0.4 is 16.6 Å². The van der Waals surface area contributed by atoms with E-state index in [4.69, 9.17) is 21.7 Å². The van der Waals surface area contributed by atoms with Crippen LogP contribution in [0.5, 0.6) is 0 Å². The fraction of sp³-hybridized carbons (Fsp3) is 0.556. The first-order valence-corrected chi connectivity index (χ1v) is 6.28. The quantitative estimate of drug-likeness (QED) is 0.497. The van der Waals surface area contributed by atoms with Gasteiger partial charge >= 0.3 is 0 Å². The molecule has 94 valence electrons. The maximum atomic E-state index is 10.9. The van der Waals surface area contributed by atoms with Crippen molar-refractivity contribution in [3.63, 3.8) is 0 Å². The van der Waals surface area contributed by atoms with Gasteiger partial charge in [0.1, 0.15) is 0 Å². The van der Waals surface area contributed by atoms with Crippen molar-refractivity contribution in [3.8, 4) is 0 Å². The third-order valence-electron chi connectivity index (χ3n) is 2.20. The van der Waals surface area contributed by atoms with Crippen LogP contribution in [-0.2, 0) is 10.0 Å².